The number of nitrogens with zero attached hydrogens (tertiary/aromatic N) is 4. The van der Waals surface area contributed by atoms with Crippen molar-refractivity contribution in [3.05, 3.63) is 51.6 Å². The van der Waals surface area contributed by atoms with Crippen LogP contribution in [0.5, 0.6) is 0 Å². The number of rotatable bonds is 4. The van der Waals surface area contributed by atoms with E-state index in [1.165, 1.54) is 11.0 Å². The van der Waals surface area contributed by atoms with E-state index in [0.29, 0.717) is 6.07 Å². The highest BCUT2D eigenvalue weighted by atomic mass is 35.5. The number of aromatic nitrogens is 2. The summed E-state index contributed by atoms with van der Waals surface area (Å²) in [5.74, 6) is -2.78. The van der Waals surface area contributed by atoms with Gasteiger partial charge in [-0.25, -0.2) is 18.7 Å². The maximum absolute atomic E-state index is 13.9. The van der Waals surface area contributed by atoms with Gasteiger partial charge in [0.2, 0.25) is 0 Å². The average molecular weight is 426 g/mol. The fourth-order valence-electron chi connectivity index (χ4n) is 2.85. The van der Waals surface area contributed by atoms with Crippen molar-refractivity contribution in [2.24, 2.45) is 0 Å². The Balaban J connectivity index is 1.61. The molecule has 5 nitrogen and oxygen atoms in total. The summed E-state index contributed by atoms with van der Waals surface area (Å²) in [6.07, 6.45) is -0.453. The van der Waals surface area contributed by atoms with Gasteiger partial charge in [-0.05, 0) is 36.6 Å². The molecule has 0 aliphatic carbocycles. The third kappa shape index (κ3) is 3.92. The van der Waals surface area contributed by atoms with Crippen LogP contribution in [0.25, 0.3) is 10.2 Å². The van der Waals surface area contributed by atoms with Crippen LogP contribution >= 0.6 is 22.9 Å². The van der Waals surface area contributed by atoms with E-state index in [1.807, 2.05) is 0 Å². The lowest BCUT2D eigenvalue weighted by Crippen LogP contribution is -2.38. The molecule has 1 aromatic carbocycles. The van der Waals surface area contributed by atoms with E-state index < -0.39 is 29.7 Å². The predicted octanol–water partition coefficient (Wildman–Crippen LogP) is 4.57. The molecule has 0 spiro atoms. The van der Waals surface area contributed by atoms with Crippen LogP contribution in [0.4, 0.5) is 14.6 Å². The molecular formula is C19H16ClF2N5S. The Morgan fingerprint density at radius 1 is 1.46 bits per heavy atom. The van der Waals surface area contributed by atoms with Crippen LogP contribution in [0.15, 0.2) is 24.5 Å². The quantitative estimate of drug-likeness (QED) is 0.663. The number of anilines is 1. The lowest BCUT2D eigenvalue weighted by molar-refractivity contribution is 0.211. The summed E-state index contributed by atoms with van der Waals surface area (Å²) >= 11 is 7.00. The van der Waals surface area contributed by atoms with Crippen LogP contribution in [0, 0.1) is 23.0 Å². The highest BCUT2D eigenvalue weighted by molar-refractivity contribution is 7.22. The number of nitrogens with one attached hydrogen (secondary N) is 1. The number of nitriles is 1. The van der Waals surface area contributed by atoms with E-state index in [-0.39, 0.29) is 64.2 Å². The van der Waals surface area contributed by atoms with Crippen molar-refractivity contribution in [2.75, 3.05) is 18.4 Å². The van der Waals surface area contributed by atoms with Crippen molar-refractivity contribution in [3.63, 3.8) is 0 Å². The second kappa shape index (κ2) is 7.95. The molecule has 4 rings (SSSR count). The number of piperidine rings is 1. The van der Waals surface area contributed by atoms with Crippen molar-refractivity contribution in [2.45, 2.75) is 25.4 Å². The minimum Gasteiger partial charge on any atom is -0.367 e. The van der Waals surface area contributed by atoms with Crippen molar-refractivity contribution < 1.29 is 17.0 Å². The van der Waals surface area contributed by atoms with Gasteiger partial charge < -0.3 is 5.31 Å². The zero-order chi connectivity index (χ0) is 25.0. The topological polar surface area (TPSA) is 64.8 Å². The van der Waals surface area contributed by atoms with Crippen LogP contribution in [0.2, 0.25) is 5.75 Å². The Morgan fingerprint density at radius 3 is 3.00 bits per heavy atom. The lowest BCUT2D eigenvalue weighted by Gasteiger charge is -2.32. The van der Waals surface area contributed by atoms with E-state index in [4.69, 9.17) is 25.1 Å². The molecule has 1 N–H and O–H groups in total. The monoisotopic (exact) mass is 425 g/mol. The van der Waals surface area contributed by atoms with Gasteiger partial charge in [-0.15, -0.1) is 11.3 Å². The maximum atomic E-state index is 13.9. The zero-order valence-electron chi connectivity index (χ0n) is 20.3. The molecule has 1 saturated heterocycles. The molecule has 0 radical (unpaired) electrons. The van der Waals surface area contributed by atoms with Crippen molar-refractivity contribution in [1.82, 2.24) is 14.9 Å². The first kappa shape index (κ1) is 13.0. The fraction of sp³-hybridized carbons (Fsp3) is 0.316. The molecule has 144 valence electrons. The van der Waals surface area contributed by atoms with Gasteiger partial charge in [0.15, 0.2) is 13.0 Å². The summed E-state index contributed by atoms with van der Waals surface area (Å²) in [4.78, 5) is 9.47. The van der Waals surface area contributed by atoms with E-state index >= 15 is 0 Å². The van der Waals surface area contributed by atoms with Gasteiger partial charge in [0.1, 0.15) is 24.4 Å². The van der Waals surface area contributed by atoms with Gasteiger partial charge in [0.05, 0.1) is 18.0 Å². The smallest absolute Gasteiger partial charge is 0.176 e. The highest BCUT2D eigenvalue weighted by Crippen LogP contribution is 2.32. The van der Waals surface area contributed by atoms with Crippen LogP contribution < -0.4 is 5.31 Å². The average Bonchev–Trinajstić information content (AvgIpc) is 3.07. The number of benzene rings is 1. The molecule has 0 amide bonds. The molecule has 28 heavy (non-hydrogen) atoms. The molecular weight excluding hydrogens is 404 g/mol. The van der Waals surface area contributed by atoms with Crippen LogP contribution in [-0.2, 0) is 6.50 Å². The third-order valence-electron chi connectivity index (χ3n) is 4.19. The maximum Gasteiger partial charge on any atom is 0.176 e. The van der Waals surface area contributed by atoms with E-state index in [1.54, 1.807) is 0 Å². The Labute approximate surface area is 178 Å². The summed E-state index contributed by atoms with van der Waals surface area (Å²) in [5.41, 5.74) is -0.839. The molecule has 1 fully saturated rings. The Kier molecular flexibility index (Phi) is 3.69. The molecule has 1 aliphatic rings. The summed E-state index contributed by atoms with van der Waals surface area (Å²) in [5, 5.41) is 9.97. The number of thiophene rings is 1. The second-order valence-electron chi connectivity index (χ2n) is 6.04. The number of fused-ring (bicyclic) bond motifs is 1. The first-order valence-electron chi connectivity index (χ1n) is 11.2. The normalized spacial score (nSPS) is 20.4. The minimum atomic E-state index is -2.26. The zero-order valence-corrected chi connectivity index (χ0v) is 15.8. The van der Waals surface area contributed by atoms with Crippen molar-refractivity contribution in [1.29, 1.82) is 5.26 Å². The van der Waals surface area contributed by atoms with Gasteiger partial charge in [-0.3, -0.25) is 4.90 Å². The molecule has 3 aromatic rings. The number of hydrogen-bond donors (Lipinski definition) is 1. The SMILES string of the molecule is [2H]c1nc(N([2H])C2([2H])CCN(C([2H])([2H])c3cc(F)c(F)c(C#N)c3)CC2)c2c([2H])c(Cl)sc2n1. The van der Waals surface area contributed by atoms with Gasteiger partial charge >= 0.3 is 0 Å². The van der Waals surface area contributed by atoms with E-state index in [9.17, 15) is 8.78 Å². The van der Waals surface area contributed by atoms with Gasteiger partial charge in [-0.1, -0.05) is 11.6 Å². The summed E-state index contributed by atoms with van der Waals surface area (Å²) in [6, 6.07) is 1.50. The van der Waals surface area contributed by atoms with Crippen LogP contribution in [0.1, 0.15) is 30.8 Å². The summed E-state index contributed by atoms with van der Waals surface area (Å²) in [7, 11) is 0. The van der Waals surface area contributed by atoms with E-state index in [0.717, 1.165) is 22.7 Å². The van der Waals surface area contributed by atoms with Crippen molar-refractivity contribution in [3.8, 4) is 6.07 Å². The second-order valence-corrected chi connectivity index (χ2v) is 7.64. The molecule has 2 aromatic heterocycles. The molecule has 1 aliphatic heterocycles. The van der Waals surface area contributed by atoms with Crippen molar-refractivity contribution >= 4 is 39.0 Å². The predicted molar refractivity (Wildman–Crippen MR) is 105 cm³/mol. The molecule has 0 unspecified atom stereocenters. The molecule has 0 bridgehead atoms. The highest BCUT2D eigenvalue weighted by Gasteiger charge is 2.21. The molecule has 0 atom stereocenters. The Morgan fingerprint density at radius 2 is 2.25 bits per heavy atom. The summed E-state index contributed by atoms with van der Waals surface area (Å²) in [6.45, 7) is -2.31. The Hall–Kier alpha value is -2.34. The Bertz CT molecular complexity index is 1320. The third-order valence-corrected chi connectivity index (χ3v) is 5.29. The fourth-order valence-corrected chi connectivity index (χ4v) is 3.82. The first-order chi connectivity index (χ1) is 15.9. The minimum absolute atomic E-state index is 0.0210. The lowest BCUT2D eigenvalue weighted by atomic mass is 10.0. The molecule has 0 saturated carbocycles. The number of likely N-dealkylation sites (tertiary alicyclic amines) is 1. The van der Waals surface area contributed by atoms with Crippen LogP contribution in [-0.4, -0.2) is 34.0 Å². The van der Waals surface area contributed by atoms with E-state index in [2.05, 4.69) is 9.97 Å². The summed E-state index contributed by atoms with van der Waals surface area (Å²) < 4.78 is 78.0. The van der Waals surface area contributed by atoms with Gasteiger partial charge in [0, 0.05) is 28.3 Å². The number of halogens is 3. The molecule has 9 heteroatoms. The largest absolute Gasteiger partial charge is 0.367 e. The first-order valence-corrected chi connectivity index (χ1v) is 9.45. The standard InChI is InChI=1S/C19H16ClF2N5S/c20-16-7-14-18(24-10-25-19(14)28-16)26-13-1-3-27(4-2-13)9-11-5-12(8-23)17(22)15(21)6-11/h5-7,10,13H,1-4,9H2,(H,24,25,26)/i7D,9D2,10D,13D/hD. The molecule has 3 heterocycles. The van der Waals surface area contributed by atoms with Crippen LogP contribution in [0.3, 0.4) is 0 Å². The van der Waals surface area contributed by atoms with Gasteiger partial charge in [-0.2, -0.15) is 5.26 Å². The number of hydrogen-bond acceptors (Lipinski definition) is 6. The van der Waals surface area contributed by atoms with Gasteiger partial charge in [0.25, 0.3) is 0 Å².